The first-order valence-corrected chi connectivity index (χ1v) is 9.97. The molecule has 3 aromatic rings. The third-order valence-corrected chi connectivity index (χ3v) is 5.31. The summed E-state index contributed by atoms with van der Waals surface area (Å²) in [6.07, 6.45) is 3.48. The third kappa shape index (κ3) is 4.76. The summed E-state index contributed by atoms with van der Waals surface area (Å²) in [6, 6.07) is 13.3. The van der Waals surface area contributed by atoms with Crippen LogP contribution in [0.3, 0.4) is 0 Å². The van der Waals surface area contributed by atoms with Gasteiger partial charge in [-0.15, -0.1) is 10.2 Å². The van der Waals surface area contributed by atoms with Crippen molar-refractivity contribution in [2.24, 2.45) is 7.05 Å². The number of carbonyl (C=O) groups is 1. The summed E-state index contributed by atoms with van der Waals surface area (Å²) < 4.78 is 20.6. The van der Waals surface area contributed by atoms with Gasteiger partial charge in [0, 0.05) is 32.6 Å². The molecule has 0 radical (unpaired) electrons. The Morgan fingerprint density at radius 3 is 2.33 bits per heavy atom. The standard InChI is InChI=1S/C22H24FN5O2/c1-27-15-25-26-21(27)17-10-12-28(13-11-17)22(29)24-14-16-2-6-19(7-3-16)30-20-8-4-18(23)5-9-20/h2-9,15,17H,10-14H2,1H3,(H,24,29). The lowest BCUT2D eigenvalue weighted by Gasteiger charge is -2.31. The summed E-state index contributed by atoms with van der Waals surface area (Å²) in [4.78, 5) is 14.3. The van der Waals surface area contributed by atoms with Gasteiger partial charge < -0.3 is 19.5 Å². The fourth-order valence-corrected chi connectivity index (χ4v) is 3.61. The Hall–Kier alpha value is -3.42. The molecule has 2 aromatic carbocycles. The zero-order valence-electron chi connectivity index (χ0n) is 16.8. The minimum atomic E-state index is -0.300. The minimum Gasteiger partial charge on any atom is -0.457 e. The number of amides is 2. The maximum atomic E-state index is 13.0. The first kappa shape index (κ1) is 19.9. The van der Waals surface area contributed by atoms with Crippen molar-refractivity contribution < 1.29 is 13.9 Å². The van der Waals surface area contributed by atoms with Crippen LogP contribution in [0.1, 0.15) is 30.1 Å². The topological polar surface area (TPSA) is 72.3 Å². The van der Waals surface area contributed by atoms with Crippen LogP contribution in [0.2, 0.25) is 0 Å². The van der Waals surface area contributed by atoms with Gasteiger partial charge in [0.1, 0.15) is 29.5 Å². The van der Waals surface area contributed by atoms with Gasteiger partial charge in [-0.1, -0.05) is 12.1 Å². The van der Waals surface area contributed by atoms with Crippen molar-refractivity contribution in [3.8, 4) is 11.5 Å². The fraction of sp³-hybridized carbons (Fsp3) is 0.318. The lowest BCUT2D eigenvalue weighted by molar-refractivity contribution is 0.179. The highest BCUT2D eigenvalue weighted by atomic mass is 19.1. The molecule has 30 heavy (non-hydrogen) atoms. The summed E-state index contributed by atoms with van der Waals surface area (Å²) >= 11 is 0. The van der Waals surface area contributed by atoms with E-state index in [0.29, 0.717) is 37.1 Å². The number of rotatable bonds is 5. The normalized spacial score (nSPS) is 14.5. The molecule has 2 amide bonds. The number of ether oxygens (including phenoxy) is 1. The van der Waals surface area contributed by atoms with Crippen LogP contribution < -0.4 is 10.1 Å². The quantitative estimate of drug-likeness (QED) is 0.695. The molecule has 1 aliphatic rings. The van der Waals surface area contributed by atoms with Crippen LogP contribution in [0, 0.1) is 5.82 Å². The second-order valence-corrected chi connectivity index (χ2v) is 7.42. The smallest absolute Gasteiger partial charge is 0.317 e. The van der Waals surface area contributed by atoms with Crippen LogP contribution in [0.15, 0.2) is 54.9 Å². The third-order valence-electron chi connectivity index (χ3n) is 5.31. The molecule has 0 aliphatic carbocycles. The highest BCUT2D eigenvalue weighted by Gasteiger charge is 2.26. The summed E-state index contributed by atoms with van der Waals surface area (Å²) in [5.41, 5.74) is 0.976. The summed E-state index contributed by atoms with van der Waals surface area (Å²) in [5.74, 6) is 2.25. The maximum Gasteiger partial charge on any atom is 0.317 e. The highest BCUT2D eigenvalue weighted by molar-refractivity contribution is 5.74. The number of hydrogen-bond acceptors (Lipinski definition) is 4. The first-order valence-electron chi connectivity index (χ1n) is 9.97. The molecule has 4 rings (SSSR count). The number of aryl methyl sites for hydroxylation is 1. The average molecular weight is 409 g/mol. The molecule has 0 unspecified atom stereocenters. The van der Waals surface area contributed by atoms with Gasteiger partial charge in [0.2, 0.25) is 0 Å². The van der Waals surface area contributed by atoms with Gasteiger partial charge in [0.05, 0.1) is 0 Å². The molecule has 156 valence electrons. The van der Waals surface area contributed by atoms with Crippen molar-refractivity contribution in [2.75, 3.05) is 13.1 Å². The van der Waals surface area contributed by atoms with E-state index in [1.54, 1.807) is 18.5 Å². The van der Waals surface area contributed by atoms with E-state index in [4.69, 9.17) is 4.74 Å². The van der Waals surface area contributed by atoms with Gasteiger partial charge in [-0.25, -0.2) is 9.18 Å². The number of halogens is 1. The zero-order chi connectivity index (χ0) is 20.9. The monoisotopic (exact) mass is 409 g/mol. The Balaban J connectivity index is 1.24. The van der Waals surface area contributed by atoms with Crippen LogP contribution in [0.4, 0.5) is 9.18 Å². The fourth-order valence-electron chi connectivity index (χ4n) is 3.61. The molecule has 7 nitrogen and oxygen atoms in total. The Labute approximate surface area is 174 Å². The number of benzene rings is 2. The number of likely N-dealkylation sites (tertiary alicyclic amines) is 1. The van der Waals surface area contributed by atoms with Crippen LogP contribution in [0.25, 0.3) is 0 Å². The Morgan fingerprint density at radius 2 is 1.73 bits per heavy atom. The van der Waals surface area contributed by atoms with Gasteiger partial charge in [0.15, 0.2) is 0 Å². The SMILES string of the molecule is Cn1cnnc1C1CCN(C(=O)NCc2ccc(Oc3ccc(F)cc3)cc2)CC1. The Bertz CT molecular complexity index is 980. The van der Waals surface area contributed by atoms with Gasteiger partial charge in [0.25, 0.3) is 0 Å². The van der Waals surface area contributed by atoms with E-state index >= 15 is 0 Å². The van der Waals surface area contributed by atoms with Gasteiger partial charge in [-0.05, 0) is 54.8 Å². The van der Waals surface area contributed by atoms with E-state index in [1.807, 2.05) is 40.8 Å². The number of nitrogens with zero attached hydrogens (tertiary/aromatic N) is 4. The van der Waals surface area contributed by atoms with Gasteiger partial charge in [-0.3, -0.25) is 0 Å². The Morgan fingerprint density at radius 1 is 1.10 bits per heavy atom. The molecule has 1 aliphatic heterocycles. The van der Waals surface area contributed by atoms with Crippen LogP contribution in [-0.4, -0.2) is 38.8 Å². The molecule has 1 N–H and O–H groups in total. The number of aromatic nitrogens is 3. The molecule has 1 saturated heterocycles. The molecular weight excluding hydrogens is 385 g/mol. The second kappa shape index (κ2) is 8.94. The predicted molar refractivity (Wildman–Crippen MR) is 110 cm³/mol. The van der Waals surface area contributed by atoms with Crippen molar-refractivity contribution in [3.63, 3.8) is 0 Å². The first-order chi connectivity index (χ1) is 14.6. The van der Waals surface area contributed by atoms with E-state index in [2.05, 4.69) is 15.5 Å². The van der Waals surface area contributed by atoms with Gasteiger partial charge in [-0.2, -0.15) is 0 Å². The van der Waals surface area contributed by atoms with E-state index in [-0.39, 0.29) is 11.8 Å². The van der Waals surface area contributed by atoms with Crippen molar-refractivity contribution in [3.05, 3.63) is 72.1 Å². The Kier molecular flexibility index (Phi) is 5.92. The molecule has 0 saturated carbocycles. The number of hydrogen-bond donors (Lipinski definition) is 1. The van der Waals surface area contributed by atoms with E-state index in [0.717, 1.165) is 24.2 Å². The molecule has 2 heterocycles. The highest BCUT2D eigenvalue weighted by Crippen LogP contribution is 2.26. The van der Waals surface area contributed by atoms with Crippen LogP contribution in [-0.2, 0) is 13.6 Å². The average Bonchev–Trinajstić information content (AvgIpc) is 3.20. The lowest BCUT2D eigenvalue weighted by atomic mass is 9.96. The predicted octanol–water partition coefficient (Wildman–Crippen LogP) is 3.84. The largest absolute Gasteiger partial charge is 0.457 e. The van der Waals surface area contributed by atoms with E-state index < -0.39 is 0 Å². The number of nitrogens with one attached hydrogen (secondary N) is 1. The van der Waals surface area contributed by atoms with Crippen LogP contribution in [0.5, 0.6) is 11.5 Å². The summed E-state index contributed by atoms with van der Waals surface area (Å²) in [5, 5.41) is 11.1. The van der Waals surface area contributed by atoms with Crippen molar-refractivity contribution >= 4 is 6.03 Å². The maximum absolute atomic E-state index is 13.0. The summed E-state index contributed by atoms with van der Waals surface area (Å²) in [7, 11) is 1.95. The van der Waals surface area contributed by atoms with Crippen molar-refractivity contribution in [2.45, 2.75) is 25.3 Å². The summed E-state index contributed by atoms with van der Waals surface area (Å²) in [6.45, 7) is 1.85. The van der Waals surface area contributed by atoms with E-state index in [1.165, 1.54) is 12.1 Å². The van der Waals surface area contributed by atoms with Crippen molar-refractivity contribution in [1.82, 2.24) is 25.0 Å². The number of piperidine rings is 1. The van der Waals surface area contributed by atoms with Crippen LogP contribution >= 0.6 is 0 Å². The molecule has 0 atom stereocenters. The molecule has 0 bridgehead atoms. The molecule has 8 heteroatoms. The molecule has 0 spiro atoms. The zero-order valence-corrected chi connectivity index (χ0v) is 16.8. The van der Waals surface area contributed by atoms with Crippen molar-refractivity contribution in [1.29, 1.82) is 0 Å². The lowest BCUT2D eigenvalue weighted by Crippen LogP contribution is -2.44. The second-order valence-electron chi connectivity index (χ2n) is 7.42. The number of urea groups is 1. The van der Waals surface area contributed by atoms with Gasteiger partial charge >= 0.3 is 6.03 Å². The molecular formula is C22H24FN5O2. The molecule has 1 aromatic heterocycles. The minimum absolute atomic E-state index is 0.0574. The number of carbonyl (C=O) groups excluding carboxylic acids is 1. The van der Waals surface area contributed by atoms with E-state index in [9.17, 15) is 9.18 Å². The molecule has 1 fully saturated rings.